The van der Waals surface area contributed by atoms with Crippen LogP contribution in [0.5, 0.6) is 0 Å². The number of allylic oxidation sites excluding steroid dienone is 4. The molecule has 2 nitrogen and oxygen atoms in total. The fourth-order valence-electron chi connectivity index (χ4n) is 1.41. The molecular weight excluding hydrogens is 260 g/mol. The molecule has 0 aromatic rings. The first-order valence-corrected chi connectivity index (χ1v) is 5.24. The maximum Gasteiger partial charge on any atom is 3.00 e. The topological polar surface area (TPSA) is 37.3 Å². The van der Waals surface area contributed by atoms with Crippen molar-refractivity contribution in [2.75, 3.05) is 0 Å². The van der Waals surface area contributed by atoms with Gasteiger partial charge in [0.05, 0.1) is 0 Å². The molecule has 0 atom stereocenters. The molecule has 0 saturated heterocycles. The van der Waals surface area contributed by atoms with Crippen LogP contribution >= 0.6 is 0 Å². The smallest absolute Gasteiger partial charge is 0.481 e. The maximum atomic E-state index is 9.37. The van der Waals surface area contributed by atoms with E-state index in [1.165, 1.54) is 16.7 Å². The Hall–Kier alpha value is -0.336. The molecule has 0 saturated carbocycles. The molecule has 1 radical (unpaired) electrons. The molecule has 0 aromatic carbocycles. The first kappa shape index (κ1) is 26.3. The number of hydrogen-bond donors (Lipinski definition) is 1. The molecule has 3 heteroatoms. The molecule has 0 aliphatic heterocycles. The Kier molecular flexibility index (Phi) is 15.4. The van der Waals surface area contributed by atoms with E-state index in [4.69, 9.17) is 5.11 Å². The Morgan fingerprint density at radius 2 is 1.56 bits per heavy atom. The van der Waals surface area contributed by atoms with Crippen molar-refractivity contribution in [3.63, 3.8) is 0 Å². The second-order valence-electron chi connectivity index (χ2n) is 4.37. The van der Waals surface area contributed by atoms with Crippen LogP contribution in [0.4, 0.5) is 0 Å². The van der Waals surface area contributed by atoms with Gasteiger partial charge in [-0.3, -0.25) is 10.9 Å². The van der Waals surface area contributed by atoms with Gasteiger partial charge in [0, 0.05) is 6.42 Å². The van der Waals surface area contributed by atoms with Gasteiger partial charge in [-0.1, -0.05) is 40.0 Å². The Labute approximate surface area is 128 Å². The third-order valence-electron chi connectivity index (χ3n) is 2.86. The van der Waals surface area contributed by atoms with Crippen molar-refractivity contribution < 1.29 is 31.6 Å². The van der Waals surface area contributed by atoms with Crippen molar-refractivity contribution in [2.24, 2.45) is 5.41 Å². The molecule has 103 valence electrons. The van der Waals surface area contributed by atoms with Crippen molar-refractivity contribution in [3.8, 4) is 0 Å². The van der Waals surface area contributed by atoms with Crippen LogP contribution < -0.4 is 0 Å². The molecule has 0 aromatic heterocycles. The van der Waals surface area contributed by atoms with E-state index < -0.39 is 5.97 Å². The summed E-state index contributed by atoms with van der Waals surface area (Å²) in [6, 6.07) is 0. The summed E-state index contributed by atoms with van der Waals surface area (Å²) in [6.07, 6.45) is 3.66. The zero-order chi connectivity index (χ0) is 12.2. The molecule has 1 aliphatic rings. The number of carboxylic acids is 1. The Balaban J connectivity index is -0.000000109. The van der Waals surface area contributed by atoms with E-state index in [1.54, 1.807) is 6.92 Å². The van der Waals surface area contributed by atoms with E-state index in [1.807, 2.05) is 0 Å². The van der Waals surface area contributed by atoms with Gasteiger partial charge in [-0.2, -0.15) is 11.1 Å². The van der Waals surface area contributed by atoms with Crippen LogP contribution in [0.15, 0.2) is 16.7 Å². The van der Waals surface area contributed by atoms with Gasteiger partial charge in [-0.25, -0.2) is 5.57 Å². The van der Waals surface area contributed by atoms with E-state index in [0.717, 1.165) is 0 Å². The predicted octanol–water partition coefficient (Wildman–Crippen LogP) is 4.49. The summed E-state index contributed by atoms with van der Waals surface area (Å²) >= 11 is 0. The van der Waals surface area contributed by atoms with E-state index in [0.29, 0.717) is 0 Å². The zero-order valence-electron chi connectivity index (χ0n) is 13.1. The number of aliphatic carboxylic acids is 1. The minimum absolute atomic E-state index is 0. The summed E-state index contributed by atoms with van der Waals surface area (Å²) in [4.78, 5) is 9.37. The molecule has 0 bridgehead atoms. The predicted molar refractivity (Wildman–Crippen MR) is 75.3 cm³/mol. The minimum atomic E-state index is -0.745. The zero-order valence-corrected chi connectivity index (χ0v) is 14.6. The summed E-state index contributed by atoms with van der Waals surface area (Å²) < 4.78 is 0. The standard InChI is InChI=1S/C10H15.C3H6O2.2CH3.Ti/c1-7-6-10(4,5)9(3)8(7)2;1-2-3(4)5;;;/h1-5H3;2H2,1H3,(H,4,5);2*1H3;/q-1;;2*-1;+3. The average Bonchev–Trinajstić information content (AvgIpc) is 2.30. The van der Waals surface area contributed by atoms with E-state index in [2.05, 4.69) is 40.7 Å². The van der Waals surface area contributed by atoms with Crippen LogP contribution in [0.2, 0.25) is 0 Å². The molecule has 1 aliphatic carbocycles. The second-order valence-corrected chi connectivity index (χ2v) is 4.37. The van der Waals surface area contributed by atoms with Crippen LogP contribution in [-0.4, -0.2) is 11.1 Å². The monoisotopic (exact) mass is 287 g/mol. The van der Waals surface area contributed by atoms with Gasteiger partial charge in [-0.05, 0) is 0 Å². The molecule has 1 N–H and O–H groups in total. The molecule has 0 spiro atoms. The third kappa shape index (κ3) is 7.89. The fourth-order valence-corrected chi connectivity index (χ4v) is 1.41. The van der Waals surface area contributed by atoms with Crippen molar-refractivity contribution in [1.29, 1.82) is 0 Å². The molecule has 18 heavy (non-hydrogen) atoms. The van der Waals surface area contributed by atoms with Crippen LogP contribution in [-0.2, 0) is 26.5 Å². The largest absolute Gasteiger partial charge is 3.00 e. The first-order valence-electron chi connectivity index (χ1n) is 5.24. The van der Waals surface area contributed by atoms with Crippen molar-refractivity contribution in [3.05, 3.63) is 37.6 Å². The molecular formula is C15H27O2Ti. The van der Waals surface area contributed by atoms with Crippen molar-refractivity contribution >= 4 is 5.97 Å². The van der Waals surface area contributed by atoms with E-state index in [9.17, 15) is 4.79 Å². The van der Waals surface area contributed by atoms with Crippen LogP contribution in [0, 0.1) is 26.3 Å². The number of hydrogen-bond acceptors (Lipinski definition) is 1. The normalized spacial score (nSPS) is 15.1. The third-order valence-corrected chi connectivity index (χ3v) is 2.86. The molecule has 0 heterocycles. The van der Waals surface area contributed by atoms with E-state index in [-0.39, 0.29) is 48.4 Å². The van der Waals surface area contributed by atoms with E-state index >= 15 is 0 Å². The Morgan fingerprint density at radius 1 is 1.22 bits per heavy atom. The van der Waals surface area contributed by atoms with Crippen LogP contribution in [0.3, 0.4) is 0 Å². The summed E-state index contributed by atoms with van der Waals surface area (Å²) in [5.74, 6) is -0.745. The molecule has 0 amide bonds. The number of carbonyl (C=O) groups is 1. The Bertz CT molecular complexity index is 312. The molecule has 1 rings (SSSR count). The molecule has 0 unspecified atom stereocenters. The average molecular weight is 287 g/mol. The summed E-state index contributed by atoms with van der Waals surface area (Å²) in [7, 11) is 0. The van der Waals surface area contributed by atoms with Gasteiger partial charge in [0.15, 0.2) is 0 Å². The van der Waals surface area contributed by atoms with Gasteiger partial charge >= 0.3 is 27.7 Å². The first-order chi connectivity index (χ1) is 6.72. The number of rotatable bonds is 1. The minimum Gasteiger partial charge on any atom is -0.481 e. The maximum absolute atomic E-state index is 9.37. The number of carboxylic acid groups (broad SMARTS) is 1. The van der Waals surface area contributed by atoms with Gasteiger partial charge in [0.2, 0.25) is 0 Å². The summed E-state index contributed by atoms with van der Waals surface area (Å²) in [5, 5.41) is 7.72. The fraction of sp³-hybridized carbons (Fsp3) is 0.533. The Morgan fingerprint density at radius 3 is 1.61 bits per heavy atom. The second kappa shape index (κ2) is 10.6. The van der Waals surface area contributed by atoms with Gasteiger partial charge in [-0.15, -0.1) is 6.92 Å². The van der Waals surface area contributed by atoms with Crippen molar-refractivity contribution in [1.82, 2.24) is 0 Å². The quantitative estimate of drug-likeness (QED) is 0.570. The SMILES string of the molecule is CC1=[C-]C(C)(C)C(C)=C1C.CCC(=O)O.[CH3-].[CH3-].[Ti+3]. The van der Waals surface area contributed by atoms with Crippen molar-refractivity contribution in [2.45, 2.75) is 48.0 Å². The molecule has 0 fully saturated rings. The van der Waals surface area contributed by atoms with Crippen LogP contribution in [0.25, 0.3) is 0 Å². The van der Waals surface area contributed by atoms with Gasteiger partial charge in [0.1, 0.15) is 0 Å². The van der Waals surface area contributed by atoms with Crippen LogP contribution in [0.1, 0.15) is 48.0 Å². The summed E-state index contributed by atoms with van der Waals surface area (Å²) in [5.41, 5.74) is 4.39. The van der Waals surface area contributed by atoms with Gasteiger partial charge < -0.3 is 20.0 Å². The summed E-state index contributed by atoms with van der Waals surface area (Å²) in [6.45, 7) is 12.5. The van der Waals surface area contributed by atoms with Gasteiger partial charge in [0.25, 0.3) is 0 Å².